The van der Waals surface area contributed by atoms with Crippen LogP contribution in [-0.2, 0) is 6.42 Å². The van der Waals surface area contributed by atoms with Gasteiger partial charge in [0, 0.05) is 5.56 Å². The summed E-state index contributed by atoms with van der Waals surface area (Å²) in [7, 11) is 1.11. The topological polar surface area (TPSA) is 9.23 Å². The van der Waals surface area contributed by atoms with Crippen molar-refractivity contribution < 1.29 is 17.9 Å². The first-order chi connectivity index (χ1) is 16.5. The predicted octanol–water partition coefficient (Wildman–Crippen LogP) is 8.84. The van der Waals surface area contributed by atoms with Crippen molar-refractivity contribution in [2.24, 2.45) is 0 Å². The molecule has 0 N–H and O–H groups in total. The third-order valence-electron chi connectivity index (χ3n) is 6.47. The normalized spacial score (nSPS) is 12.1. The van der Waals surface area contributed by atoms with Gasteiger partial charge < -0.3 is 4.74 Å². The van der Waals surface area contributed by atoms with Crippen molar-refractivity contribution in [3.63, 3.8) is 0 Å². The van der Waals surface area contributed by atoms with Gasteiger partial charge in [-0.15, -0.1) is 0 Å². The maximum Gasteiger partial charge on any atom is 0.204 e. The molecule has 0 saturated heterocycles. The summed E-state index contributed by atoms with van der Waals surface area (Å²) in [5.41, 5.74) is 2.73. The van der Waals surface area contributed by atoms with E-state index in [2.05, 4.69) is 42.0 Å². The Bertz CT molecular complexity index is 1260. The highest BCUT2D eigenvalue weighted by Crippen LogP contribution is 2.34. The number of benzene rings is 4. The van der Waals surface area contributed by atoms with E-state index in [4.69, 9.17) is 0 Å². The van der Waals surface area contributed by atoms with Gasteiger partial charge in [0.1, 0.15) is 0 Å². The molecule has 0 radical (unpaired) electrons. The highest BCUT2D eigenvalue weighted by atomic mass is 19.2. The fourth-order valence-corrected chi connectivity index (χ4v) is 4.59. The second kappa shape index (κ2) is 10.8. The Hall–Kier alpha value is -3.27. The van der Waals surface area contributed by atoms with Gasteiger partial charge in [0.15, 0.2) is 17.4 Å². The average molecular weight is 463 g/mol. The summed E-state index contributed by atoms with van der Waals surface area (Å²) in [5, 5.41) is 2.45. The summed E-state index contributed by atoms with van der Waals surface area (Å²) in [6, 6.07) is 23.3. The number of halogens is 3. The minimum Gasteiger partial charge on any atom is -0.491 e. The first kappa shape index (κ1) is 23.9. The molecule has 0 aliphatic rings. The Labute approximate surface area is 199 Å². The lowest BCUT2D eigenvalue weighted by Crippen LogP contribution is -2.04. The third kappa shape index (κ3) is 5.11. The van der Waals surface area contributed by atoms with Crippen LogP contribution in [0, 0.1) is 17.5 Å². The van der Waals surface area contributed by atoms with Gasteiger partial charge in [-0.1, -0.05) is 92.9 Å². The molecule has 4 heteroatoms. The van der Waals surface area contributed by atoms with Gasteiger partial charge in [0.05, 0.1) is 7.11 Å². The molecule has 1 nitrogen and oxygen atoms in total. The molecule has 0 bridgehead atoms. The van der Waals surface area contributed by atoms with Crippen LogP contribution in [0.1, 0.15) is 49.7 Å². The summed E-state index contributed by atoms with van der Waals surface area (Å²) in [4.78, 5) is 0. The van der Waals surface area contributed by atoms with Gasteiger partial charge in [0.2, 0.25) is 5.82 Å². The Morgan fingerprint density at radius 3 is 2.24 bits per heavy atom. The van der Waals surface area contributed by atoms with Crippen LogP contribution in [0.15, 0.2) is 72.8 Å². The van der Waals surface area contributed by atoms with E-state index in [0.717, 1.165) is 44.4 Å². The molecule has 4 rings (SSSR count). The van der Waals surface area contributed by atoms with Gasteiger partial charge in [-0.2, -0.15) is 4.39 Å². The Balaban J connectivity index is 1.62. The van der Waals surface area contributed by atoms with Crippen LogP contribution in [0.25, 0.3) is 21.9 Å². The number of hydrogen-bond donors (Lipinski definition) is 0. The number of rotatable bonds is 9. The molecule has 0 spiro atoms. The molecule has 1 unspecified atom stereocenters. The zero-order chi connectivity index (χ0) is 24.1. The minimum atomic E-state index is -1.31. The van der Waals surface area contributed by atoms with E-state index in [1.807, 2.05) is 24.3 Å². The van der Waals surface area contributed by atoms with Crippen LogP contribution in [0.3, 0.4) is 0 Å². The lowest BCUT2D eigenvalue weighted by atomic mass is 9.86. The van der Waals surface area contributed by atoms with Crippen LogP contribution in [0.5, 0.6) is 5.75 Å². The number of hydrogen-bond acceptors (Lipinski definition) is 1. The largest absolute Gasteiger partial charge is 0.491 e. The van der Waals surface area contributed by atoms with E-state index in [1.165, 1.54) is 22.8 Å². The van der Waals surface area contributed by atoms with Crippen LogP contribution in [0.2, 0.25) is 0 Å². The van der Waals surface area contributed by atoms with Crippen molar-refractivity contribution >= 4 is 10.8 Å². The molecule has 4 aromatic carbocycles. The fourth-order valence-electron chi connectivity index (χ4n) is 4.59. The maximum atomic E-state index is 14.6. The molecule has 0 fully saturated rings. The highest BCUT2D eigenvalue weighted by molar-refractivity contribution is 5.83. The third-order valence-corrected chi connectivity index (χ3v) is 6.47. The molecule has 4 aromatic rings. The van der Waals surface area contributed by atoms with Gasteiger partial charge in [-0.05, 0) is 52.3 Å². The summed E-state index contributed by atoms with van der Waals surface area (Å²) >= 11 is 0. The van der Waals surface area contributed by atoms with Crippen molar-refractivity contribution in [2.75, 3.05) is 7.11 Å². The molecule has 0 heterocycles. The summed E-state index contributed by atoms with van der Waals surface area (Å²) in [6.07, 6.45) is 5.38. The smallest absolute Gasteiger partial charge is 0.204 e. The molecule has 176 valence electrons. The van der Waals surface area contributed by atoms with E-state index < -0.39 is 23.2 Å². The van der Waals surface area contributed by atoms with E-state index in [-0.39, 0.29) is 5.56 Å². The van der Waals surface area contributed by atoms with Gasteiger partial charge in [-0.25, -0.2) is 8.78 Å². The predicted molar refractivity (Wildman–Crippen MR) is 133 cm³/mol. The van der Waals surface area contributed by atoms with Crippen molar-refractivity contribution in [3.8, 4) is 16.9 Å². The van der Waals surface area contributed by atoms with Crippen molar-refractivity contribution in [1.29, 1.82) is 0 Å². The summed E-state index contributed by atoms with van der Waals surface area (Å²) in [6.45, 7) is 2.19. The van der Waals surface area contributed by atoms with Gasteiger partial charge in [-0.3, -0.25) is 0 Å². The van der Waals surface area contributed by atoms with Crippen LogP contribution in [-0.4, -0.2) is 7.11 Å². The minimum absolute atomic E-state index is 0.112. The average Bonchev–Trinajstić information content (AvgIpc) is 2.86. The molecule has 1 atom stereocenters. The Kier molecular flexibility index (Phi) is 7.56. The first-order valence-corrected chi connectivity index (χ1v) is 11.8. The van der Waals surface area contributed by atoms with Crippen LogP contribution >= 0.6 is 0 Å². The quantitative estimate of drug-likeness (QED) is 0.178. The SMILES string of the molecule is CCCCCC(Cc1ccc2ccccc2c1)c1ccc(-c2cc(F)c(OC)c(F)c2F)cc1. The number of ether oxygens (including phenoxy) is 1. The first-order valence-electron chi connectivity index (χ1n) is 11.8. The van der Waals surface area contributed by atoms with Gasteiger partial charge >= 0.3 is 0 Å². The molecule has 0 aliphatic carbocycles. The van der Waals surface area contributed by atoms with Crippen molar-refractivity contribution in [3.05, 3.63) is 101 Å². The summed E-state index contributed by atoms with van der Waals surface area (Å²) in [5.74, 6) is -3.74. The number of fused-ring (bicyclic) bond motifs is 1. The molecule has 0 saturated carbocycles. The van der Waals surface area contributed by atoms with Crippen LogP contribution in [0.4, 0.5) is 13.2 Å². The highest BCUT2D eigenvalue weighted by Gasteiger charge is 2.21. The molecular formula is C30H29F3O. The molecular weight excluding hydrogens is 433 g/mol. The monoisotopic (exact) mass is 462 g/mol. The molecule has 0 aliphatic heterocycles. The molecule has 0 amide bonds. The van der Waals surface area contributed by atoms with Crippen molar-refractivity contribution in [2.45, 2.75) is 44.9 Å². The second-order valence-electron chi connectivity index (χ2n) is 8.77. The van der Waals surface area contributed by atoms with E-state index in [0.29, 0.717) is 11.5 Å². The zero-order valence-electron chi connectivity index (χ0n) is 19.6. The van der Waals surface area contributed by atoms with Gasteiger partial charge in [0.25, 0.3) is 0 Å². The lowest BCUT2D eigenvalue weighted by molar-refractivity contribution is 0.347. The van der Waals surface area contributed by atoms with Crippen molar-refractivity contribution in [1.82, 2.24) is 0 Å². The zero-order valence-corrected chi connectivity index (χ0v) is 19.6. The van der Waals surface area contributed by atoms with Crippen LogP contribution < -0.4 is 4.74 Å². The Morgan fingerprint density at radius 1 is 0.794 bits per heavy atom. The second-order valence-corrected chi connectivity index (χ2v) is 8.77. The molecule has 0 aromatic heterocycles. The lowest BCUT2D eigenvalue weighted by Gasteiger charge is -2.19. The fraction of sp³-hybridized carbons (Fsp3) is 0.267. The number of methoxy groups -OCH3 is 1. The van der Waals surface area contributed by atoms with E-state index in [9.17, 15) is 13.2 Å². The molecule has 34 heavy (non-hydrogen) atoms. The van der Waals surface area contributed by atoms with E-state index >= 15 is 0 Å². The summed E-state index contributed by atoms with van der Waals surface area (Å²) < 4.78 is 47.6. The standard InChI is InChI=1S/C30H29F3O/c1-3-4-5-9-25(18-20-11-12-21-8-6-7-10-24(21)17-20)22-13-15-23(16-14-22)26-19-27(31)30(34-2)29(33)28(26)32/h6-8,10-17,19,25H,3-5,9,18H2,1-2H3. The van der Waals surface area contributed by atoms with E-state index in [1.54, 1.807) is 12.1 Å². The Morgan fingerprint density at radius 2 is 1.53 bits per heavy atom. The maximum absolute atomic E-state index is 14.6. The number of unbranched alkanes of at least 4 members (excludes halogenated alkanes) is 2.